The molecule has 0 saturated heterocycles. The summed E-state index contributed by atoms with van der Waals surface area (Å²) in [5.74, 6) is 2.29. The topological polar surface area (TPSA) is 61.2 Å². The Morgan fingerprint density at radius 3 is 2.70 bits per heavy atom. The molecule has 6 rings (SSSR count). The van der Waals surface area contributed by atoms with E-state index in [2.05, 4.69) is 77.6 Å². The Morgan fingerprint density at radius 2 is 1.88 bits per heavy atom. The number of hydrogen-bond acceptors (Lipinski definition) is 5. The quantitative estimate of drug-likeness (QED) is 0.313. The van der Waals surface area contributed by atoms with Crippen LogP contribution in [0.15, 0.2) is 87.6 Å². The maximum absolute atomic E-state index is 6.64. The molecule has 0 unspecified atom stereocenters. The molecule has 2 atom stereocenters. The molecule has 0 amide bonds. The van der Waals surface area contributed by atoms with Gasteiger partial charge in [0.25, 0.3) is 0 Å². The van der Waals surface area contributed by atoms with E-state index in [0.29, 0.717) is 5.95 Å². The summed E-state index contributed by atoms with van der Waals surface area (Å²) in [6.07, 6.45) is 1.26. The van der Waals surface area contributed by atoms with E-state index in [1.807, 2.05) is 41.1 Å². The number of para-hydroxylation sites is 1. The average Bonchev–Trinajstić information content (AvgIpc) is 3.30. The van der Waals surface area contributed by atoms with E-state index in [0.717, 1.165) is 48.4 Å². The van der Waals surface area contributed by atoms with Gasteiger partial charge in [-0.25, -0.2) is 4.68 Å². The van der Waals surface area contributed by atoms with Crippen LogP contribution in [0.3, 0.4) is 0 Å². The van der Waals surface area contributed by atoms with E-state index >= 15 is 0 Å². The number of aromatic nitrogens is 3. The molecule has 0 radical (unpaired) electrons. The molecule has 33 heavy (non-hydrogen) atoms. The fourth-order valence-corrected chi connectivity index (χ4v) is 5.51. The highest BCUT2D eigenvalue weighted by atomic mass is 79.9. The number of benzene rings is 3. The molecular formula is C25H18Br2N4O2. The van der Waals surface area contributed by atoms with E-state index in [-0.39, 0.29) is 12.1 Å². The first-order valence-electron chi connectivity index (χ1n) is 10.4. The van der Waals surface area contributed by atoms with Crippen molar-refractivity contribution in [1.29, 1.82) is 0 Å². The predicted molar refractivity (Wildman–Crippen MR) is 133 cm³/mol. The van der Waals surface area contributed by atoms with E-state index in [1.54, 1.807) is 13.4 Å². The lowest BCUT2D eigenvalue weighted by molar-refractivity contribution is 0.223. The van der Waals surface area contributed by atoms with Gasteiger partial charge < -0.3 is 14.8 Å². The molecule has 8 heteroatoms. The van der Waals surface area contributed by atoms with Crippen molar-refractivity contribution in [3.63, 3.8) is 0 Å². The van der Waals surface area contributed by atoms with Crippen LogP contribution in [0, 0.1) is 0 Å². The third-order valence-corrected chi connectivity index (χ3v) is 7.08. The number of rotatable bonds is 3. The number of nitrogens with zero attached hydrogens (tertiary/aromatic N) is 3. The fourth-order valence-electron chi connectivity index (χ4n) is 4.54. The molecule has 6 nitrogen and oxygen atoms in total. The summed E-state index contributed by atoms with van der Waals surface area (Å²) in [6, 6.07) is 22.2. The van der Waals surface area contributed by atoms with E-state index in [1.165, 1.54) is 0 Å². The predicted octanol–water partition coefficient (Wildman–Crippen LogP) is 6.37. The summed E-state index contributed by atoms with van der Waals surface area (Å²) in [6.45, 7) is 0. The van der Waals surface area contributed by atoms with Gasteiger partial charge in [0, 0.05) is 15.6 Å². The zero-order chi connectivity index (χ0) is 22.5. The summed E-state index contributed by atoms with van der Waals surface area (Å²) in [7, 11) is 1.66. The molecule has 1 N–H and O–H groups in total. The number of anilines is 1. The molecule has 3 aromatic carbocycles. The molecule has 0 bridgehead atoms. The van der Waals surface area contributed by atoms with Crippen LogP contribution < -0.4 is 14.8 Å². The molecule has 0 saturated carbocycles. The van der Waals surface area contributed by atoms with Gasteiger partial charge in [-0.2, -0.15) is 10.1 Å². The average molecular weight is 566 g/mol. The second-order valence-corrected chi connectivity index (χ2v) is 9.60. The third kappa shape index (κ3) is 3.36. The van der Waals surface area contributed by atoms with Crippen LogP contribution >= 0.6 is 31.9 Å². The summed E-state index contributed by atoms with van der Waals surface area (Å²) in [5, 5.41) is 8.10. The molecule has 2 aliphatic heterocycles. The normalized spacial score (nSPS) is 18.5. The fraction of sp³-hybridized carbons (Fsp3) is 0.120. The van der Waals surface area contributed by atoms with Crippen molar-refractivity contribution < 1.29 is 9.47 Å². The van der Waals surface area contributed by atoms with Crippen LogP contribution in [-0.2, 0) is 0 Å². The molecule has 0 fully saturated rings. The summed E-state index contributed by atoms with van der Waals surface area (Å²) >= 11 is 7.27. The zero-order valence-electron chi connectivity index (χ0n) is 17.5. The Labute approximate surface area is 207 Å². The van der Waals surface area contributed by atoms with Crippen LogP contribution in [0.1, 0.15) is 28.8 Å². The van der Waals surface area contributed by atoms with Crippen LogP contribution in [-0.4, -0.2) is 21.9 Å². The molecule has 3 heterocycles. The number of ether oxygens (including phenoxy) is 2. The van der Waals surface area contributed by atoms with Crippen LogP contribution in [0.4, 0.5) is 5.95 Å². The number of halogens is 2. The minimum Gasteiger partial charge on any atom is -0.496 e. The first kappa shape index (κ1) is 20.5. The SMILES string of the molecule is COc1ccc([C@@H]2C3=C(Nc4ncnn42)c2ccccc2O[C@@H]3c2cccc(Br)c2)cc1Br. The summed E-state index contributed by atoms with van der Waals surface area (Å²) in [4.78, 5) is 4.49. The first-order valence-corrected chi connectivity index (χ1v) is 12.0. The van der Waals surface area contributed by atoms with Gasteiger partial charge in [-0.1, -0.05) is 46.3 Å². The molecule has 164 valence electrons. The third-order valence-electron chi connectivity index (χ3n) is 5.96. The standard InChI is InChI=1S/C25H18Br2N4O2/c1-32-20-10-9-14(12-18(20)27)23-21-22(30-25-28-13-29-31(23)25)17-7-2-3-8-19(17)33-24(21)15-5-4-6-16(26)11-15/h2-13,23-24H,1H3,(H,28,29,30)/t23-,24-/m1/s1. The van der Waals surface area contributed by atoms with Gasteiger partial charge in [0.1, 0.15) is 30.0 Å². The van der Waals surface area contributed by atoms with E-state index in [4.69, 9.17) is 9.47 Å². The van der Waals surface area contributed by atoms with Gasteiger partial charge in [0.15, 0.2) is 0 Å². The smallest absolute Gasteiger partial charge is 0.226 e. The van der Waals surface area contributed by atoms with Gasteiger partial charge in [-0.05, 0) is 63.5 Å². The Morgan fingerprint density at radius 1 is 1.00 bits per heavy atom. The maximum atomic E-state index is 6.64. The second-order valence-electron chi connectivity index (χ2n) is 7.83. The molecule has 0 aliphatic carbocycles. The number of nitrogens with one attached hydrogen (secondary N) is 1. The Kier molecular flexibility index (Phi) is 4.99. The van der Waals surface area contributed by atoms with Crippen molar-refractivity contribution in [1.82, 2.24) is 14.8 Å². The number of hydrogen-bond donors (Lipinski definition) is 1. The van der Waals surface area contributed by atoms with Gasteiger partial charge in [-0.15, -0.1) is 0 Å². The Balaban J connectivity index is 1.62. The monoisotopic (exact) mass is 564 g/mol. The van der Waals surface area contributed by atoms with Crippen molar-refractivity contribution in [2.75, 3.05) is 12.4 Å². The van der Waals surface area contributed by atoms with Crippen molar-refractivity contribution in [2.24, 2.45) is 0 Å². The van der Waals surface area contributed by atoms with Crippen molar-refractivity contribution in [3.05, 3.63) is 104 Å². The van der Waals surface area contributed by atoms with Crippen LogP contribution in [0.25, 0.3) is 5.70 Å². The highest BCUT2D eigenvalue weighted by Crippen LogP contribution is 2.51. The van der Waals surface area contributed by atoms with Crippen molar-refractivity contribution in [3.8, 4) is 11.5 Å². The molecule has 2 aliphatic rings. The summed E-state index contributed by atoms with van der Waals surface area (Å²) in [5.41, 5.74) is 5.17. The minimum atomic E-state index is -0.317. The molecule has 4 aromatic rings. The van der Waals surface area contributed by atoms with E-state index in [9.17, 15) is 0 Å². The molecular weight excluding hydrogens is 548 g/mol. The highest BCUT2D eigenvalue weighted by Gasteiger charge is 2.41. The van der Waals surface area contributed by atoms with Crippen molar-refractivity contribution >= 4 is 43.5 Å². The second kappa shape index (κ2) is 8.04. The number of fused-ring (bicyclic) bond motifs is 3. The number of methoxy groups -OCH3 is 1. The largest absolute Gasteiger partial charge is 0.496 e. The van der Waals surface area contributed by atoms with Gasteiger partial charge in [0.05, 0.1) is 17.3 Å². The molecule has 0 spiro atoms. The van der Waals surface area contributed by atoms with Crippen molar-refractivity contribution in [2.45, 2.75) is 12.1 Å². The van der Waals surface area contributed by atoms with Gasteiger partial charge >= 0.3 is 0 Å². The van der Waals surface area contributed by atoms with Gasteiger partial charge in [-0.3, -0.25) is 0 Å². The van der Waals surface area contributed by atoms with Gasteiger partial charge in [0.2, 0.25) is 5.95 Å². The lowest BCUT2D eigenvalue weighted by Crippen LogP contribution is -2.32. The lowest BCUT2D eigenvalue weighted by Gasteiger charge is -2.39. The van der Waals surface area contributed by atoms with Crippen LogP contribution in [0.2, 0.25) is 0 Å². The Hall–Kier alpha value is -3.10. The zero-order valence-corrected chi connectivity index (χ0v) is 20.7. The van der Waals surface area contributed by atoms with E-state index < -0.39 is 0 Å². The molecule has 1 aromatic heterocycles. The van der Waals surface area contributed by atoms with Crippen LogP contribution in [0.5, 0.6) is 11.5 Å². The minimum absolute atomic E-state index is 0.224. The maximum Gasteiger partial charge on any atom is 0.226 e. The first-order chi connectivity index (χ1) is 16.1. The summed E-state index contributed by atoms with van der Waals surface area (Å²) < 4.78 is 15.9. The highest BCUT2D eigenvalue weighted by molar-refractivity contribution is 9.10. The Bertz CT molecular complexity index is 1420. The lowest BCUT2D eigenvalue weighted by atomic mass is 9.84.